The molecule has 0 bridgehead atoms. The molecule has 0 unspecified atom stereocenters. The Morgan fingerprint density at radius 3 is 2.24 bits per heavy atom. The van der Waals surface area contributed by atoms with E-state index in [4.69, 9.17) is 4.74 Å². The number of halogens is 3. The number of hydrogen-bond donors (Lipinski definition) is 1. The topological polar surface area (TPSA) is 55.4 Å². The van der Waals surface area contributed by atoms with Crippen LogP contribution in [0.2, 0.25) is 0 Å². The molecule has 1 aliphatic carbocycles. The van der Waals surface area contributed by atoms with Crippen LogP contribution in [0.1, 0.15) is 25.3 Å². The minimum atomic E-state index is -4.43. The van der Waals surface area contributed by atoms with Gasteiger partial charge in [-0.3, -0.25) is 9.59 Å². The first-order chi connectivity index (χ1) is 9.79. The van der Waals surface area contributed by atoms with Crippen molar-refractivity contribution in [2.75, 3.05) is 11.9 Å². The lowest BCUT2D eigenvalue weighted by Gasteiger charge is -2.14. The van der Waals surface area contributed by atoms with Gasteiger partial charge >= 0.3 is 12.1 Å². The first-order valence-corrected chi connectivity index (χ1v) is 6.45. The second kappa shape index (κ2) is 5.38. The van der Waals surface area contributed by atoms with E-state index in [1.165, 1.54) is 0 Å². The molecule has 1 aliphatic rings. The number of benzene rings is 1. The van der Waals surface area contributed by atoms with Gasteiger partial charge < -0.3 is 10.1 Å². The smallest absolute Gasteiger partial charge is 0.416 e. The van der Waals surface area contributed by atoms with Crippen molar-refractivity contribution in [1.82, 2.24) is 0 Å². The summed E-state index contributed by atoms with van der Waals surface area (Å²) >= 11 is 0. The maximum absolute atomic E-state index is 12.4. The molecular weight excluding hydrogens is 287 g/mol. The number of carbonyl (C=O) groups is 2. The van der Waals surface area contributed by atoms with E-state index in [2.05, 4.69) is 5.32 Å². The molecule has 0 saturated heterocycles. The normalized spacial score (nSPS) is 16.2. The number of carbonyl (C=O) groups excluding carboxylic acids is 2. The van der Waals surface area contributed by atoms with Gasteiger partial charge in [0.15, 0.2) is 0 Å². The molecule has 1 amide bonds. The minimum absolute atomic E-state index is 0.175. The van der Waals surface area contributed by atoms with Crippen LogP contribution < -0.4 is 5.32 Å². The summed E-state index contributed by atoms with van der Waals surface area (Å²) in [5.74, 6) is -1.13. The highest BCUT2D eigenvalue weighted by Crippen LogP contribution is 2.47. The molecule has 1 saturated carbocycles. The molecule has 114 valence electrons. The quantitative estimate of drug-likeness (QED) is 0.687. The van der Waals surface area contributed by atoms with E-state index in [1.807, 2.05) is 0 Å². The number of rotatable bonds is 4. The Morgan fingerprint density at radius 2 is 1.81 bits per heavy atom. The Labute approximate surface area is 119 Å². The molecule has 21 heavy (non-hydrogen) atoms. The van der Waals surface area contributed by atoms with Crippen LogP contribution in [0.25, 0.3) is 0 Å². The van der Waals surface area contributed by atoms with E-state index >= 15 is 0 Å². The second-order valence-corrected chi connectivity index (χ2v) is 4.83. The maximum Gasteiger partial charge on any atom is 0.416 e. The molecule has 0 atom stereocenters. The Bertz CT molecular complexity index is 548. The predicted molar refractivity (Wildman–Crippen MR) is 68.4 cm³/mol. The van der Waals surface area contributed by atoms with Crippen LogP contribution in [0.4, 0.5) is 18.9 Å². The Balaban J connectivity index is 2.05. The van der Waals surface area contributed by atoms with E-state index in [-0.39, 0.29) is 12.3 Å². The molecule has 0 aromatic heterocycles. The Morgan fingerprint density at radius 1 is 1.24 bits per heavy atom. The number of esters is 1. The van der Waals surface area contributed by atoms with Crippen molar-refractivity contribution in [2.24, 2.45) is 5.41 Å². The van der Waals surface area contributed by atoms with Crippen molar-refractivity contribution in [3.05, 3.63) is 29.8 Å². The highest BCUT2D eigenvalue weighted by molar-refractivity contribution is 6.11. The van der Waals surface area contributed by atoms with Crippen LogP contribution >= 0.6 is 0 Å². The minimum Gasteiger partial charge on any atom is -0.465 e. The van der Waals surface area contributed by atoms with Gasteiger partial charge in [-0.2, -0.15) is 13.2 Å². The first kappa shape index (κ1) is 15.3. The number of nitrogens with one attached hydrogen (secondary N) is 1. The van der Waals surface area contributed by atoms with Gasteiger partial charge in [-0.25, -0.2) is 0 Å². The summed E-state index contributed by atoms with van der Waals surface area (Å²) in [5, 5.41) is 2.46. The fourth-order valence-corrected chi connectivity index (χ4v) is 1.91. The summed E-state index contributed by atoms with van der Waals surface area (Å²) in [6.07, 6.45) is -3.65. The summed E-state index contributed by atoms with van der Waals surface area (Å²) in [4.78, 5) is 23.8. The van der Waals surface area contributed by atoms with E-state index in [0.29, 0.717) is 12.8 Å². The molecule has 7 heteroatoms. The highest BCUT2D eigenvalue weighted by Gasteiger charge is 2.58. The number of hydrogen-bond acceptors (Lipinski definition) is 3. The number of ether oxygens (including phenoxy) is 1. The van der Waals surface area contributed by atoms with Gasteiger partial charge in [-0.1, -0.05) is 0 Å². The van der Waals surface area contributed by atoms with Gasteiger partial charge in [0, 0.05) is 5.69 Å². The molecule has 0 radical (unpaired) electrons. The number of amides is 1. The average molecular weight is 301 g/mol. The van der Waals surface area contributed by atoms with Crippen LogP contribution in [-0.4, -0.2) is 18.5 Å². The Kier molecular flexibility index (Phi) is 3.93. The summed E-state index contributed by atoms with van der Waals surface area (Å²) < 4.78 is 42.1. The van der Waals surface area contributed by atoms with Gasteiger partial charge in [0.2, 0.25) is 5.91 Å². The van der Waals surface area contributed by atoms with Gasteiger partial charge in [0.25, 0.3) is 0 Å². The van der Waals surface area contributed by atoms with Gasteiger partial charge in [-0.15, -0.1) is 0 Å². The zero-order valence-corrected chi connectivity index (χ0v) is 11.3. The molecule has 1 N–H and O–H groups in total. The van der Waals surface area contributed by atoms with Crippen molar-refractivity contribution in [3.63, 3.8) is 0 Å². The third-order valence-electron chi connectivity index (χ3n) is 3.32. The van der Waals surface area contributed by atoms with Gasteiger partial charge in [-0.05, 0) is 44.0 Å². The summed E-state index contributed by atoms with van der Waals surface area (Å²) in [7, 11) is 0. The standard InChI is InChI=1S/C14H14F3NO3/c1-2-21-12(20)13(7-8-13)11(19)18-10-5-3-9(4-6-10)14(15,16)17/h3-6H,2,7-8H2,1H3,(H,18,19). The van der Waals surface area contributed by atoms with Crippen LogP contribution in [-0.2, 0) is 20.5 Å². The highest BCUT2D eigenvalue weighted by atomic mass is 19.4. The SMILES string of the molecule is CCOC(=O)C1(C(=O)Nc2ccc(C(F)(F)F)cc2)CC1. The van der Waals surface area contributed by atoms with Crippen molar-refractivity contribution in [1.29, 1.82) is 0 Å². The van der Waals surface area contributed by atoms with E-state index in [1.54, 1.807) is 6.92 Å². The fraction of sp³-hybridized carbons (Fsp3) is 0.429. The predicted octanol–water partition coefficient (Wildman–Crippen LogP) is 2.99. The fourth-order valence-electron chi connectivity index (χ4n) is 1.91. The van der Waals surface area contributed by atoms with Crippen molar-refractivity contribution < 1.29 is 27.5 Å². The van der Waals surface area contributed by atoms with Gasteiger partial charge in [0.1, 0.15) is 5.41 Å². The third-order valence-corrected chi connectivity index (χ3v) is 3.32. The van der Waals surface area contributed by atoms with E-state index in [0.717, 1.165) is 24.3 Å². The molecule has 0 spiro atoms. The second-order valence-electron chi connectivity index (χ2n) is 4.83. The van der Waals surface area contributed by atoms with E-state index < -0.39 is 29.0 Å². The van der Waals surface area contributed by atoms with Crippen LogP contribution in [0.15, 0.2) is 24.3 Å². The van der Waals surface area contributed by atoms with Gasteiger partial charge in [0.05, 0.1) is 12.2 Å². The molecule has 1 aromatic rings. The summed E-state index contributed by atoms with van der Waals surface area (Å²) in [5.41, 5.74) is -1.77. The van der Waals surface area contributed by atoms with Crippen LogP contribution in [0.3, 0.4) is 0 Å². The lowest BCUT2D eigenvalue weighted by atomic mass is 10.1. The van der Waals surface area contributed by atoms with Crippen LogP contribution in [0.5, 0.6) is 0 Å². The largest absolute Gasteiger partial charge is 0.465 e. The molecule has 1 fully saturated rings. The maximum atomic E-state index is 12.4. The molecule has 1 aromatic carbocycles. The third kappa shape index (κ3) is 3.17. The molecule has 2 rings (SSSR count). The van der Waals surface area contributed by atoms with Crippen LogP contribution in [0, 0.1) is 5.41 Å². The molecular formula is C14H14F3NO3. The number of alkyl halides is 3. The first-order valence-electron chi connectivity index (χ1n) is 6.45. The monoisotopic (exact) mass is 301 g/mol. The zero-order valence-electron chi connectivity index (χ0n) is 11.3. The van der Waals surface area contributed by atoms with Crippen molar-refractivity contribution in [3.8, 4) is 0 Å². The molecule has 0 heterocycles. The lowest BCUT2D eigenvalue weighted by Crippen LogP contribution is -2.33. The molecule has 0 aliphatic heterocycles. The average Bonchev–Trinajstić information content (AvgIpc) is 3.20. The lowest BCUT2D eigenvalue weighted by molar-refractivity contribution is -0.152. The van der Waals surface area contributed by atoms with Crippen molar-refractivity contribution in [2.45, 2.75) is 25.9 Å². The molecule has 4 nitrogen and oxygen atoms in total. The summed E-state index contributed by atoms with van der Waals surface area (Å²) in [6, 6.07) is 4.06. The van der Waals surface area contributed by atoms with E-state index in [9.17, 15) is 22.8 Å². The van der Waals surface area contributed by atoms with Crippen molar-refractivity contribution >= 4 is 17.6 Å². The zero-order chi connectivity index (χ0) is 15.7. The Hall–Kier alpha value is -2.05. The number of anilines is 1. The summed E-state index contributed by atoms with van der Waals surface area (Å²) in [6.45, 7) is 1.82.